The Kier molecular flexibility index (Phi) is 6.39. The van der Waals surface area contributed by atoms with Crippen molar-refractivity contribution in [2.75, 3.05) is 26.2 Å². The van der Waals surface area contributed by atoms with Gasteiger partial charge in [-0.1, -0.05) is 0 Å². The van der Waals surface area contributed by atoms with Gasteiger partial charge in [-0.25, -0.2) is 4.39 Å². The van der Waals surface area contributed by atoms with Crippen molar-refractivity contribution in [1.82, 2.24) is 4.90 Å². The first-order valence-electron chi connectivity index (χ1n) is 8.28. The first-order chi connectivity index (χ1) is 10.8. The Morgan fingerprint density at radius 2 is 1.83 bits per heavy atom. The lowest BCUT2D eigenvalue weighted by Crippen LogP contribution is -2.43. The first-order valence-corrected chi connectivity index (χ1v) is 8.28. The summed E-state index contributed by atoms with van der Waals surface area (Å²) < 4.78 is 24.4. The summed E-state index contributed by atoms with van der Waals surface area (Å²) in [4.78, 5) is 2.24. The fourth-order valence-corrected chi connectivity index (χ4v) is 2.61. The van der Waals surface area contributed by atoms with Crippen molar-refractivity contribution in [3.05, 3.63) is 30.1 Å². The molecule has 0 saturated carbocycles. The third-order valence-corrected chi connectivity index (χ3v) is 3.83. The molecule has 1 N–H and O–H groups in total. The van der Waals surface area contributed by atoms with E-state index in [0.29, 0.717) is 18.9 Å². The maximum absolute atomic E-state index is 12.9. The minimum Gasteiger partial charge on any atom is -0.490 e. The Balaban J connectivity index is 1.68. The van der Waals surface area contributed by atoms with Crippen LogP contribution in [0, 0.1) is 5.82 Å². The van der Waals surface area contributed by atoms with Crippen molar-refractivity contribution >= 4 is 0 Å². The van der Waals surface area contributed by atoms with Gasteiger partial charge in [0.25, 0.3) is 0 Å². The van der Waals surface area contributed by atoms with E-state index in [1.807, 2.05) is 20.8 Å². The van der Waals surface area contributed by atoms with Crippen LogP contribution in [0.2, 0.25) is 0 Å². The molecule has 0 spiro atoms. The van der Waals surface area contributed by atoms with E-state index in [9.17, 15) is 9.50 Å². The molecule has 1 atom stereocenters. The van der Waals surface area contributed by atoms with Crippen LogP contribution in [0.3, 0.4) is 0 Å². The van der Waals surface area contributed by atoms with Gasteiger partial charge in [-0.3, -0.25) is 0 Å². The van der Waals surface area contributed by atoms with Gasteiger partial charge in [-0.15, -0.1) is 0 Å². The fourth-order valence-electron chi connectivity index (χ4n) is 2.61. The second kappa shape index (κ2) is 8.08. The second-order valence-corrected chi connectivity index (χ2v) is 7.15. The zero-order valence-electron chi connectivity index (χ0n) is 14.3. The van der Waals surface area contributed by atoms with E-state index in [0.717, 1.165) is 25.9 Å². The lowest BCUT2D eigenvalue weighted by Gasteiger charge is -2.33. The molecule has 1 heterocycles. The van der Waals surface area contributed by atoms with Gasteiger partial charge < -0.3 is 19.5 Å². The highest BCUT2D eigenvalue weighted by Gasteiger charge is 2.23. The molecule has 0 bridgehead atoms. The number of β-amino-alcohol motifs (C(OH)–C–C–N with tert-alkyl or cyclic N) is 1. The molecule has 130 valence electrons. The Labute approximate surface area is 138 Å². The van der Waals surface area contributed by atoms with Crippen LogP contribution in [0.25, 0.3) is 0 Å². The topological polar surface area (TPSA) is 41.9 Å². The molecular formula is C18H28FNO3. The molecule has 0 aliphatic carbocycles. The van der Waals surface area contributed by atoms with Gasteiger partial charge in [-0.2, -0.15) is 0 Å². The van der Waals surface area contributed by atoms with Gasteiger partial charge in [0.05, 0.1) is 18.3 Å². The van der Waals surface area contributed by atoms with Gasteiger partial charge in [0.1, 0.15) is 17.7 Å². The van der Waals surface area contributed by atoms with Crippen LogP contribution in [0.4, 0.5) is 4.39 Å². The lowest BCUT2D eigenvalue weighted by molar-refractivity contribution is -0.0588. The number of hydrogen-bond acceptors (Lipinski definition) is 4. The normalized spacial score (nSPS) is 18.8. The Morgan fingerprint density at radius 3 is 2.39 bits per heavy atom. The molecule has 1 aliphatic rings. The molecule has 4 nitrogen and oxygen atoms in total. The van der Waals surface area contributed by atoms with Crippen molar-refractivity contribution in [2.45, 2.75) is 51.4 Å². The zero-order valence-corrected chi connectivity index (χ0v) is 14.3. The summed E-state index contributed by atoms with van der Waals surface area (Å²) in [5, 5.41) is 10.1. The molecule has 1 aromatic rings. The molecule has 5 heteroatoms. The fraction of sp³-hybridized carbons (Fsp3) is 0.667. The highest BCUT2D eigenvalue weighted by Crippen LogP contribution is 2.19. The maximum atomic E-state index is 12.9. The maximum Gasteiger partial charge on any atom is 0.123 e. The van der Waals surface area contributed by atoms with Crippen LogP contribution in [0.15, 0.2) is 24.3 Å². The summed E-state index contributed by atoms with van der Waals surface area (Å²) in [5.41, 5.74) is -0.225. The number of rotatable bonds is 6. The molecule has 2 rings (SSSR count). The lowest BCUT2D eigenvalue weighted by atomic mass is 10.1. The van der Waals surface area contributed by atoms with E-state index in [1.54, 1.807) is 12.1 Å². The summed E-state index contributed by atoms with van der Waals surface area (Å²) in [6.45, 7) is 8.71. The Bertz CT molecular complexity index is 464. The summed E-state index contributed by atoms with van der Waals surface area (Å²) in [6.07, 6.45) is 1.50. The Morgan fingerprint density at radius 1 is 1.22 bits per heavy atom. The number of halogens is 1. The quantitative estimate of drug-likeness (QED) is 0.873. The average molecular weight is 325 g/mol. The summed E-state index contributed by atoms with van der Waals surface area (Å²) in [6, 6.07) is 6.15. The van der Waals surface area contributed by atoms with Gasteiger partial charge in [0.2, 0.25) is 0 Å². The summed E-state index contributed by atoms with van der Waals surface area (Å²) in [5.74, 6) is 0.460. The minimum atomic E-state index is -0.469. The highest BCUT2D eigenvalue weighted by molar-refractivity contribution is 5.22. The van der Waals surface area contributed by atoms with Crippen molar-refractivity contribution in [2.24, 2.45) is 0 Å². The largest absolute Gasteiger partial charge is 0.490 e. The van der Waals surface area contributed by atoms with Gasteiger partial charge in [0.15, 0.2) is 0 Å². The number of hydrogen-bond donors (Lipinski definition) is 1. The van der Waals surface area contributed by atoms with E-state index in [-0.39, 0.29) is 17.5 Å². The minimum absolute atomic E-state index is 0.152. The van der Waals surface area contributed by atoms with Crippen LogP contribution in [-0.4, -0.2) is 54.1 Å². The second-order valence-electron chi connectivity index (χ2n) is 7.15. The molecule has 23 heavy (non-hydrogen) atoms. The summed E-state index contributed by atoms with van der Waals surface area (Å²) >= 11 is 0. The standard InChI is InChI=1S/C18H28FNO3/c1-18(2,3)22-13-15(21)12-20-10-8-17(9-11-20)23-16-6-4-14(19)5-7-16/h4-7,15,17,21H,8-13H2,1-3H3. The van der Waals surface area contributed by atoms with Crippen LogP contribution in [0.1, 0.15) is 33.6 Å². The SMILES string of the molecule is CC(C)(C)OCC(O)CN1CCC(Oc2ccc(F)cc2)CC1. The number of nitrogens with zero attached hydrogens (tertiary/aromatic N) is 1. The molecule has 1 fully saturated rings. The molecule has 0 aromatic heterocycles. The molecule has 0 amide bonds. The number of aliphatic hydroxyl groups is 1. The van der Waals surface area contributed by atoms with E-state index < -0.39 is 6.10 Å². The molecular weight excluding hydrogens is 297 g/mol. The van der Waals surface area contributed by atoms with Gasteiger partial charge in [-0.05, 0) is 57.9 Å². The summed E-state index contributed by atoms with van der Waals surface area (Å²) in [7, 11) is 0. The number of ether oxygens (including phenoxy) is 2. The van der Waals surface area contributed by atoms with E-state index in [1.165, 1.54) is 12.1 Å². The number of likely N-dealkylation sites (tertiary alicyclic amines) is 1. The number of piperidine rings is 1. The predicted molar refractivity (Wildman–Crippen MR) is 88.2 cm³/mol. The smallest absolute Gasteiger partial charge is 0.123 e. The van der Waals surface area contributed by atoms with Crippen LogP contribution < -0.4 is 4.74 Å². The van der Waals surface area contributed by atoms with Crippen LogP contribution >= 0.6 is 0 Å². The Hall–Kier alpha value is -1.17. The van der Waals surface area contributed by atoms with Crippen molar-refractivity contribution in [1.29, 1.82) is 0 Å². The highest BCUT2D eigenvalue weighted by atomic mass is 19.1. The van der Waals surface area contributed by atoms with Crippen molar-refractivity contribution in [3.8, 4) is 5.75 Å². The third-order valence-electron chi connectivity index (χ3n) is 3.83. The van der Waals surface area contributed by atoms with E-state index in [4.69, 9.17) is 9.47 Å². The molecule has 1 aliphatic heterocycles. The monoisotopic (exact) mass is 325 g/mol. The van der Waals surface area contributed by atoms with Crippen molar-refractivity contribution < 1.29 is 19.0 Å². The first kappa shape index (κ1) is 18.2. The van der Waals surface area contributed by atoms with Crippen LogP contribution in [-0.2, 0) is 4.74 Å². The number of benzene rings is 1. The zero-order chi connectivity index (χ0) is 16.9. The number of aliphatic hydroxyl groups excluding tert-OH is 1. The van der Waals surface area contributed by atoms with E-state index >= 15 is 0 Å². The van der Waals surface area contributed by atoms with E-state index in [2.05, 4.69) is 4.90 Å². The molecule has 0 radical (unpaired) electrons. The van der Waals surface area contributed by atoms with Crippen molar-refractivity contribution in [3.63, 3.8) is 0 Å². The average Bonchev–Trinajstić information content (AvgIpc) is 2.49. The van der Waals surface area contributed by atoms with Gasteiger partial charge >= 0.3 is 0 Å². The molecule has 1 unspecified atom stereocenters. The molecule has 1 aromatic carbocycles. The molecule has 1 saturated heterocycles. The van der Waals surface area contributed by atoms with Crippen LogP contribution in [0.5, 0.6) is 5.75 Å². The predicted octanol–water partition coefficient (Wildman–Crippen LogP) is 2.84. The third kappa shape index (κ3) is 6.85. The van der Waals surface area contributed by atoms with Gasteiger partial charge in [0, 0.05) is 19.6 Å².